The van der Waals surface area contributed by atoms with Crippen molar-refractivity contribution in [2.45, 2.75) is 60.1 Å². The van der Waals surface area contributed by atoms with Crippen LogP contribution in [0.5, 0.6) is 0 Å². The van der Waals surface area contributed by atoms with Crippen molar-refractivity contribution >= 4 is 5.91 Å². The molecule has 1 aliphatic rings. The van der Waals surface area contributed by atoms with Crippen LogP contribution in [0, 0.1) is 17.3 Å². The molecule has 3 atom stereocenters. The summed E-state index contributed by atoms with van der Waals surface area (Å²) < 4.78 is 0. The largest absolute Gasteiger partial charge is 0.393 e. The lowest BCUT2D eigenvalue weighted by Gasteiger charge is -2.40. The second-order valence-electron chi connectivity index (χ2n) is 7.77. The molecule has 0 spiro atoms. The Balaban J connectivity index is 2.67. The maximum atomic E-state index is 12.1. The molecule has 0 aromatic heterocycles. The number of amides is 1. The van der Waals surface area contributed by atoms with E-state index >= 15 is 0 Å². The highest BCUT2D eigenvalue weighted by Gasteiger charge is 2.32. The molecule has 0 radical (unpaired) electrons. The summed E-state index contributed by atoms with van der Waals surface area (Å²) in [6.07, 6.45) is 0.549. The summed E-state index contributed by atoms with van der Waals surface area (Å²) in [4.78, 5) is 14.5. The van der Waals surface area contributed by atoms with Gasteiger partial charge in [-0.1, -0.05) is 34.6 Å². The van der Waals surface area contributed by atoms with Crippen molar-refractivity contribution < 1.29 is 9.90 Å². The third kappa shape index (κ3) is 5.41. The van der Waals surface area contributed by atoms with E-state index in [0.29, 0.717) is 5.92 Å². The lowest BCUT2D eigenvalue weighted by Crippen LogP contribution is -2.54. The molecule has 1 fully saturated rings. The fourth-order valence-corrected chi connectivity index (χ4v) is 2.75. The van der Waals surface area contributed by atoms with Gasteiger partial charge < -0.3 is 15.3 Å². The van der Waals surface area contributed by atoms with E-state index in [0.717, 1.165) is 26.1 Å². The number of nitrogens with zero attached hydrogens (tertiary/aromatic N) is 1. The normalized spacial score (nSPS) is 26.6. The first-order chi connectivity index (χ1) is 9.09. The molecule has 0 aromatic rings. The Kier molecular flexibility index (Phi) is 6.02. The Morgan fingerprint density at radius 1 is 1.30 bits per heavy atom. The van der Waals surface area contributed by atoms with E-state index in [2.05, 4.69) is 24.1 Å². The van der Waals surface area contributed by atoms with E-state index in [1.165, 1.54) is 0 Å². The van der Waals surface area contributed by atoms with E-state index in [1.54, 1.807) is 0 Å². The third-order valence-corrected chi connectivity index (χ3v) is 3.88. The molecular weight excluding hydrogens is 252 g/mol. The van der Waals surface area contributed by atoms with E-state index in [4.69, 9.17) is 0 Å². The van der Waals surface area contributed by atoms with Crippen molar-refractivity contribution in [2.24, 2.45) is 17.3 Å². The zero-order valence-electron chi connectivity index (χ0n) is 13.9. The van der Waals surface area contributed by atoms with E-state index in [9.17, 15) is 9.90 Å². The number of carbonyl (C=O) groups is 1. The zero-order valence-corrected chi connectivity index (χ0v) is 13.9. The summed E-state index contributed by atoms with van der Waals surface area (Å²) >= 11 is 0. The van der Waals surface area contributed by atoms with Crippen molar-refractivity contribution in [3.63, 3.8) is 0 Å². The smallest absolute Gasteiger partial charge is 0.225 e. The van der Waals surface area contributed by atoms with Crippen LogP contribution >= 0.6 is 0 Å². The summed E-state index contributed by atoms with van der Waals surface area (Å²) in [5, 5.41) is 13.1. The van der Waals surface area contributed by atoms with Gasteiger partial charge in [0.15, 0.2) is 0 Å². The molecule has 0 aliphatic carbocycles. The molecule has 1 heterocycles. The van der Waals surface area contributed by atoms with Crippen molar-refractivity contribution in [1.29, 1.82) is 0 Å². The Labute approximate surface area is 123 Å². The topological polar surface area (TPSA) is 52.6 Å². The molecule has 20 heavy (non-hydrogen) atoms. The van der Waals surface area contributed by atoms with Crippen LogP contribution in [0.4, 0.5) is 0 Å². The number of hydrogen-bond acceptors (Lipinski definition) is 3. The number of aliphatic hydroxyl groups is 1. The van der Waals surface area contributed by atoms with Crippen LogP contribution in [0.3, 0.4) is 0 Å². The number of likely N-dealkylation sites (tertiary alicyclic amines) is 1. The Bertz CT molecular complexity index is 321. The van der Waals surface area contributed by atoms with Gasteiger partial charge in [0.25, 0.3) is 0 Å². The predicted octanol–water partition coefficient (Wildman–Crippen LogP) is 1.88. The van der Waals surface area contributed by atoms with Gasteiger partial charge in [0, 0.05) is 31.1 Å². The first-order valence-electron chi connectivity index (χ1n) is 7.81. The van der Waals surface area contributed by atoms with Gasteiger partial charge in [-0.05, 0) is 25.2 Å². The number of piperidine rings is 1. The quantitative estimate of drug-likeness (QED) is 0.829. The highest BCUT2D eigenvalue weighted by molar-refractivity contribution is 5.81. The molecule has 0 aromatic carbocycles. The number of carbonyl (C=O) groups excluding carboxylic acids is 1. The molecule has 4 heteroatoms. The SMILES string of the molecule is CC(C)CN1CC(NC(=O)C(C)(C)C)CC(C(C)O)C1. The Hall–Kier alpha value is -0.610. The van der Waals surface area contributed by atoms with Crippen molar-refractivity contribution in [1.82, 2.24) is 10.2 Å². The minimum atomic E-state index is -0.360. The molecule has 1 saturated heterocycles. The summed E-state index contributed by atoms with van der Waals surface area (Å²) in [6, 6.07) is 0.147. The molecule has 1 rings (SSSR count). The monoisotopic (exact) mass is 284 g/mol. The maximum Gasteiger partial charge on any atom is 0.225 e. The molecule has 4 nitrogen and oxygen atoms in total. The summed E-state index contributed by atoms with van der Waals surface area (Å²) in [5.41, 5.74) is -0.360. The fraction of sp³-hybridized carbons (Fsp3) is 0.938. The van der Waals surface area contributed by atoms with Crippen LogP contribution in [0.1, 0.15) is 48.0 Å². The van der Waals surface area contributed by atoms with Gasteiger partial charge in [0.2, 0.25) is 5.91 Å². The van der Waals surface area contributed by atoms with Gasteiger partial charge in [0.05, 0.1) is 6.10 Å². The molecule has 3 unspecified atom stereocenters. The number of hydrogen-bond donors (Lipinski definition) is 2. The van der Waals surface area contributed by atoms with Crippen molar-refractivity contribution in [2.75, 3.05) is 19.6 Å². The van der Waals surface area contributed by atoms with E-state index in [-0.39, 0.29) is 29.4 Å². The van der Waals surface area contributed by atoms with Crippen LogP contribution in [-0.2, 0) is 4.79 Å². The van der Waals surface area contributed by atoms with Gasteiger partial charge in [-0.25, -0.2) is 0 Å². The fourth-order valence-electron chi connectivity index (χ4n) is 2.75. The van der Waals surface area contributed by atoms with Gasteiger partial charge in [-0.2, -0.15) is 0 Å². The molecule has 2 N–H and O–H groups in total. The first kappa shape index (κ1) is 17.4. The van der Waals surface area contributed by atoms with Gasteiger partial charge in [0.1, 0.15) is 0 Å². The van der Waals surface area contributed by atoms with E-state index < -0.39 is 0 Å². The molecule has 118 valence electrons. The average molecular weight is 284 g/mol. The van der Waals surface area contributed by atoms with Gasteiger partial charge >= 0.3 is 0 Å². The average Bonchev–Trinajstić information content (AvgIpc) is 2.26. The predicted molar refractivity (Wildman–Crippen MR) is 82.5 cm³/mol. The van der Waals surface area contributed by atoms with Crippen LogP contribution in [0.15, 0.2) is 0 Å². The maximum absolute atomic E-state index is 12.1. The Morgan fingerprint density at radius 3 is 2.35 bits per heavy atom. The molecule has 1 amide bonds. The zero-order chi connectivity index (χ0) is 15.5. The van der Waals surface area contributed by atoms with Crippen molar-refractivity contribution in [3.05, 3.63) is 0 Å². The van der Waals surface area contributed by atoms with Gasteiger partial charge in [-0.15, -0.1) is 0 Å². The second-order valence-corrected chi connectivity index (χ2v) is 7.77. The van der Waals surface area contributed by atoms with Gasteiger partial charge in [-0.3, -0.25) is 4.79 Å². The third-order valence-electron chi connectivity index (χ3n) is 3.88. The van der Waals surface area contributed by atoms with Crippen LogP contribution in [0.25, 0.3) is 0 Å². The van der Waals surface area contributed by atoms with Crippen LogP contribution in [0.2, 0.25) is 0 Å². The number of aliphatic hydroxyl groups excluding tert-OH is 1. The highest BCUT2D eigenvalue weighted by Crippen LogP contribution is 2.22. The molecular formula is C16H32N2O2. The molecule has 1 aliphatic heterocycles. The first-order valence-corrected chi connectivity index (χ1v) is 7.81. The molecule has 0 saturated carbocycles. The van der Waals surface area contributed by atoms with Crippen molar-refractivity contribution in [3.8, 4) is 0 Å². The summed E-state index contributed by atoms with van der Waals surface area (Å²) in [7, 11) is 0. The number of nitrogens with one attached hydrogen (secondary N) is 1. The standard InChI is InChI=1S/C16H32N2O2/c1-11(2)8-18-9-13(12(3)19)7-14(10-18)17-15(20)16(4,5)6/h11-14,19H,7-10H2,1-6H3,(H,17,20). The minimum absolute atomic E-state index is 0.0956. The summed E-state index contributed by atoms with van der Waals surface area (Å²) in [6.45, 7) is 14.9. The highest BCUT2D eigenvalue weighted by atomic mass is 16.3. The summed E-state index contributed by atoms with van der Waals surface area (Å²) in [5.74, 6) is 0.938. The molecule has 0 bridgehead atoms. The second kappa shape index (κ2) is 6.90. The lowest BCUT2D eigenvalue weighted by atomic mass is 9.88. The number of rotatable bonds is 4. The van der Waals surface area contributed by atoms with E-state index in [1.807, 2.05) is 27.7 Å². The lowest BCUT2D eigenvalue weighted by molar-refractivity contribution is -0.130. The minimum Gasteiger partial charge on any atom is -0.393 e. The Morgan fingerprint density at radius 2 is 1.90 bits per heavy atom. The van der Waals surface area contributed by atoms with Crippen LogP contribution in [-0.4, -0.2) is 47.7 Å². The van der Waals surface area contributed by atoms with Crippen LogP contribution < -0.4 is 5.32 Å².